The van der Waals surface area contributed by atoms with Crippen molar-refractivity contribution in [1.29, 1.82) is 0 Å². The molecule has 9 nitrogen and oxygen atoms in total. The molecule has 1 saturated heterocycles. The van der Waals surface area contributed by atoms with Gasteiger partial charge in [-0.15, -0.1) is 0 Å². The van der Waals surface area contributed by atoms with Crippen LogP contribution in [0.15, 0.2) is 36.4 Å². The second-order valence-corrected chi connectivity index (χ2v) is 7.50. The molecule has 0 atom stereocenters. The lowest BCUT2D eigenvalue weighted by molar-refractivity contribution is 0.0570. The average Bonchev–Trinajstić information content (AvgIpc) is 2.87. The van der Waals surface area contributed by atoms with Crippen LogP contribution in [0.5, 0.6) is 11.5 Å². The summed E-state index contributed by atoms with van der Waals surface area (Å²) in [5.41, 5.74) is 1.83. The molecule has 1 amide bonds. The number of amides is 1. The Hall–Kier alpha value is -3.59. The number of rotatable bonds is 7. The van der Waals surface area contributed by atoms with Gasteiger partial charge in [0.2, 0.25) is 0 Å². The highest BCUT2D eigenvalue weighted by molar-refractivity contribution is 6.06. The van der Waals surface area contributed by atoms with Crippen molar-refractivity contribution in [1.82, 2.24) is 9.80 Å². The van der Waals surface area contributed by atoms with Crippen LogP contribution in [0, 0.1) is 0 Å². The molecule has 0 unspecified atom stereocenters. The lowest BCUT2D eigenvalue weighted by atomic mass is 10.0. The normalized spacial score (nSPS) is 13.9. The van der Waals surface area contributed by atoms with Gasteiger partial charge in [-0.2, -0.15) is 0 Å². The zero-order valence-corrected chi connectivity index (χ0v) is 19.3. The highest BCUT2D eigenvalue weighted by atomic mass is 16.5. The van der Waals surface area contributed by atoms with Gasteiger partial charge in [0.15, 0.2) is 11.5 Å². The number of piperazine rings is 1. The van der Waals surface area contributed by atoms with Crippen LogP contribution >= 0.6 is 0 Å². The van der Waals surface area contributed by atoms with Gasteiger partial charge in [-0.25, -0.2) is 9.59 Å². The Bertz CT molecular complexity index is 1030. The molecule has 1 aliphatic rings. The third-order valence-electron chi connectivity index (χ3n) is 5.57. The van der Waals surface area contributed by atoms with E-state index < -0.39 is 5.97 Å². The average molecular weight is 456 g/mol. The molecule has 2 aromatic rings. The molecule has 1 aliphatic heterocycles. The van der Waals surface area contributed by atoms with Gasteiger partial charge in [-0.3, -0.25) is 9.69 Å². The molecule has 1 heterocycles. The first kappa shape index (κ1) is 24.1. The number of carbonyl (C=O) groups excluding carboxylic acids is 3. The van der Waals surface area contributed by atoms with E-state index in [9.17, 15) is 14.4 Å². The standard InChI is InChI=1S/C24H28N2O7/c1-30-20-13-18(19(24(29)33-4)14-21(20)31-2)22(27)26-10-8-25(9-11-26)15-16-6-5-7-17(12-16)23(28)32-3/h5-7,12-14H,8-11,15H2,1-4H3. The Balaban J connectivity index is 1.72. The van der Waals surface area contributed by atoms with Gasteiger partial charge in [0.25, 0.3) is 5.91 Å². The number of benzene rings is 2. The van der Waals surface area contributed by atoms with E-state index in [1.165, 1.54) is 40.6 Å². The van der Waals surface area contributed by atoms with E-state index in [0.29, 0.717) is 49.8 Å². The largest absolute Gasteiger partial charge is 0.493 e. The van der Waals surface area contributed by atoms with E-state index in [4.69, 9.17) is 18.9 Å². The molecule has 0 N–H and O–H groups in total. The van der Waals surface area contributed by atoms with Gasteiger partial charge in [-0.05, 0) is 29.8 Å². The fourth-order valence-corrected chi connectivity index (χ4v) is 3.79. The highest BCUT2D eigenvalue weighted by Gasteiger charge is 2.28. The van der Waals surface area contributed by atoms with Crippen LogP contribution in [0.3, 0.4) is 0 Å². The second kappa shape index (κ2) is 10.8. The predicted octanol–water partition coefficient (Wildman–Crippen LogP) is 2.23. The summed E-state index contributed by atoms with van der Waals surface area (Å²) in [6, 6.07) is 10.3. The van der Waals surface area contributed by atoms with Crippen LogP contribution in [0.1, 0.15) is 36.6 Å². The molecule has 0 spiro atoms. The van der Waals surface area contributed by atoms with Crippen LogP contribution in [0.4, 0.5) is 0 Å². The maximum absolute atomic E-state index is 13.3. The van der Waals surface area contributed by atoms with E-state index in [0.717, 1.165) is 5.56 Å². The molecule has 2 aromatic carbocycles. The molecule has 0 radical (unpaired) electrons. The number of hydrogen-bond acceptors (Lipinski definition) is 8. The van der Waals surface area contributed by atoms with E-state index in [-0.39, 0.29) is 23.0 Å². The number of ether oxygens (including phenoxy) is 4. The predicted molar refractivity (Wildman–Crippen MR) is 120 cm³/mol. The van der Waals surface area contributed by atoms with E-state index in [2.05, 4.69) is 4.90 Å². The van der Waals surface area contributed by atoms with E-state index in [1.807, 2.05) is 18.2 Å². The summed E-state index contributed by atoms with van der Waals surface area (Å²) in [4.78, 5) is 41.3. The molecule has 9 heteroatoms. The van der Waals surface area contributed by atoms with Crippen molar-refractivity contribution in [3.05, 3.63) is 58.7 Å². The second-order valence-electron chi connectivity index (χ2n) is 7.50. The fraction of sp³-hybridized carbons (Fsp3) is 0.375. The van der Waals surface area contributed by atoms with Crippen molar-refractivity contribution in [3.63, 3.8) is 0 Å². The summed E-state index contributed by atoms with van der Waals surface area (Å²) in [7, 11) is 5.55. The summed E-state index contributed by atoms with van der Waals surface area (Å²) in [6.07, 6.45) is 0. The van der Waals surface area contributed by atoms with Gasteiger partial charge in [-0.1, -0.05) is 12.1 Å². The maximum atomic E-state index is 13.3. The summed E-state index contributed by atoms with van der Waals surface area (Å²) >= 11 is 0. The molecule has 176 valence electrons. The monoisotopic (exact) mass is 456 g/mol. The summed E-state index contributed by atoms with van der Waals surface area (Å²) in [5, 5.41) is 0. The summed E-state index contributed by atoms with van der Waals surface area (Å²) < 4.78 is 20.2. The molecule has 0 aliphatic carbocycles. The Morgan fingerprint density at radius 1 is 0.788 bits per heavy atom. The Labute approximate surface area is 192 Å². The lowest BCUT2D eigenvalue weighted by Gasteiger charge is -2.35. The number of methoxy groups -OCH3 is 4. The summed E-state index contributed by atoms with van der Waals surface area (Å²) in [6.45, 7) is 2.93. The minimum Gasteiger partial charge on any atom is -0.493 e. The third-order valence-corrected chi connectivity index (χ3v) is 5.57. The molecular weight excluding hydrogens is 428 g/mol. The molecule has 0 aromatic heterocycles. The zero-order chi connectivity index (χ0) is 24.0. The Kier molecular flexibility index (Phi) is 7.89. The van der Waals surface area contributed by atoms with Crippen LogP contribution < -0.4 is 9.47 Å². The number of carbonyl (C=O) groups is 3. The molecular formula is C24H28N2O7. The van der Waals surface area contributed by atoms with Crippen molar-refractivity contribution < 1.29 is 33.3 Å². The van der Waals surface area contributed by atoms with Crippen molar-refractivity contribution in [2.45, 2.75) is 6.54 Å². The molecule has 0 bridgehead atoms. The van der Waals surface area contributed by atoms with Crippen molar-refractivity contribution in [2.75, 3.05) is 54.6 Å². The van der Waals surface area contributed by atoms with Crippen molar-refractivity contribution >= 4 is 17.8 Å². The van der Waals surface area contributed by atoms with Gasteiger partial charge < -0.3 is 23.8 Å². The van der Waals surface area contributed by atoms with Gasteiger partial charge >= 0.3 is 11.9 Å². The quantitative estimate of drug-likeness (QED) is 0.586. The lowest BCUT2D eigenvalue weighted by Crippen LogP contribution is -2.48. The number of esters is 2. The fourth-order valence-electron chi connectivity index (χ4n) is 3.79. The third kappa shape index (κ3) is 5.43. The van der Waals surface area contributed by atoms with E-state index in [1.54, 1.807) is 11.0 Å². The van der Waals surface area contributed by atoms with Crippen LogP contribution in [-0.2, 0) is 16.0 Å². The SMILES string of the molecule is COC(=O)c1cccc(CN2CCN(C(=O)c3cc(OC)c(OC)cc3C(=O)OC)CC2)c1. The molecule has 3 rings (SSSR count). The maximum Gasteiger partial charge on any atom is 0.338 e. The zero-order valence-electron chi connectivity index (χ0n) is 19.3. The minimum absolute atomic E-state index is 0.127. The van der Waals surface area contributed by atoms with Gasteiger partial charge in [0.1, 0.15) is 0 Å². The van der Waals surface area contributed by atoms with E-state index >= 15 is 0 Å². The highest BCUT2D eigenvalue weighted by Crippen LogP contribution is 2.32. The van der Waals surface area contributed by atoms with Crippen LogP contribution in [-0.4, -0.2) is 82.3 Å². The molecule has 0 saturated carbocycles. The Morgan fingerprint density at radius 3 is 1.97 bits per heavy atom. The van der Waals surface area contributed by atoms with Gasteiger partial charge in [0, 0.05) is 32.7 Å². The first-order valence-electron chi connectivity index (χ1n) is 10.4. The first-order valence-corrected chi connectivity index (χ1v) is 10.4. The van der Waals surface area contributed by atoms with Crippen LogP contribution in [0.25, 0.3) is 0 Å². The van der Waals surface area contributed by atoms with Crippen molar-refractivity contribution in [2.24, 2.45) is 0 Å². The molecule has 1 fully saturated rings. The number of hydrogen-bond donors (Lipinski definition) is 0. The molecule has 33 heavy (non-hydrogen) atoms. The minimum atomic E-state index is -0.622. The number of nitrogens with zero attached hydrogens (tertiary/aromatic N) is 2. The van der Waals surface area contributed by atoms with Crippen LogP contribution in [0.2, 0.25) is 0 Å². The first-order chi connectivity index (χ1) is 15.9. The smallest absolute Gasteiger partial charge is 0.338 e. The Morgan fingerprint density at radius 2 is 1.39 bits per heavy atom. The van der Waals surface area contributed by atoms with Gasteiger partial charge in [0.05, 0.1) is 45.1 Å². The summed E-state index contributed by atoms with van der Waals surface area (Å²) in [5.74, 6) is -0.568. The van der Waals surface area contributed by atoms with Crippen molar-refractivity contribution in [3.8, 4) is 11.5 Å². The topological polar surface area (TPSA) is 94.6 Å².